The minimum absolute atomic E-state index is 0.0106. The average Bonchev–Trinajstić information content (AvgIpc) is 3.48. The number of fused-ring (bicyclic) bond motifs is 1. The van der Waals surface area contributed by atoms with Gasteiger partial charge in [0, 0.05) is 17.8 Å². The first-order chi connectivity index (χ1) is 16.8. The van der Waals surface area contributed by atoms with Crippen molar-refractivity contribution in [3.05, 3.63) is 59.7 Å². The Hall–Kier alpha value is -3.46. The number of imidazole rings is 1. The third-order valence-corrected chi connectivity index (χ3v) is 6.82. The Morgan fingerprint density at radius 1 is 1.06 bits per heavy atom. The molecule has 0 saturated carbocycles. The number of pyridine rings is 1. The zero-order chi connectivity index (χ0) is 24.7. The Bertz CT molecular complexity index is 1360. The van der Waals surface area contributed by atoms with Crippen LogP contribution in [0, 0.1) is 24.5 Å². The van der Waals surface area contributed by atoms with Crippen molar-refractivity contribution in [1.29, 1.82) is 0 Å². The normalized spacial score (nSPS) is 16.8. The highest BCUT2D eigenvalue weighted by atomic mass is 19.1. The van der Waals surface area contributed by atoms with Gasteiger partial charge < -0.3 is 15.2 Å². The lowest BCUT2D eigenvalue weighted by Gasteiger charge is -2.18. The van der Waals surface area contributed by atoms with E-state index in [4.69, 9.17) is 0 Å². The standard InChI is InChI=1S/C26H29F2N7/c1-14(2)35-16(4)32-25-20(27)9-19(10-22(25)35)24-21(28)13-31-26(34-24)33-23-6-5-17(12-30-23)15(3)18-7-8-29-11-18/h5-6,9-10,12-15,18,29H,7-8,11H2,1-4H3,(H,30,31,33,34)/t15-,18-/m0/s1. The maximum Gasteiger partial charge on any atom is 0.229 e. The zero-order valence-corrected chi connectivity index (χ0v) is 20.3. The van der Waals surface area contributed by atoms with Crippen molar-refractivity contribution in [1.82, 2.24) is 29.8 Å². The summed E-state index contributed by atoms with van der Waals surface area (Å²) < 4.78 is 31.6. The lowest BCUT2D eigenvalue weighted by molar-refractivity contribution is 0.486. The van der Waals surface area contributed by atoms with Gasteiger partial charge in [0.25, 0.3) is 0 Å². The van der Waals surface area contributed by atoms with Gasteiger partial charge in [-0.3, -0.25) is 0 Å². The zero-order valence-electron chi connectivity index (χ0n) is 20.3. The topological polar surface area (TPSA) is 80.6 Å². The second kappa shape index (κ2) is 9.30. The fourth-order valence-electron chi connectivity index (χ4n) is 4.93. The van der Waals surface area contributed by atoms with E-state index in [9.17, 15) is 8.78 Å². The molecule has 9 heteroatoms. The lowest BCUT2D eigenvalue weighted by Crippen LogP contribution is -2.14. The Morgan fingerprint density at radius 2 is 1.89 bits per heavy atom. The molecule has 1 aliphatic rings. The number of aromatic nitrogens is 5. The summed E-state index contributed by atoms with van der Waals surface area (Å²) in [4.78, 5) is 17.3. The van der Waals surface area contributed by atoms with Crippen LogP contribution in [0.5, 0.6) is 0 Å². The van der Waals surface area contributed by atoms with E-state index < -0.39 is 11.6 Å². The summed E-state index contributed by atoms with van der Waals surface area (Å²) >= 11 is 0. The SMILES string of the molecule is Cc1nc2c(F)cc(-c3nc(Nc4ccc([C@H](C)[C@H]5CCNC5)cn4)ncc3F)cc2n1C(C)C. The second-order valence-electron chi connectivity index (χ2n) is 9.48. The summed E-state index contributed by atoms with van der Waals surface area (Å²) in [5.41, 5.74) is 2.37. The molecule has 2 N–H and O–H groups in total. The summed E-state index contributed by atoms with van der Waals surface area (Å²) in [6.07, 6.45) is 4.10. The molecule has 2 atom stereocenters. The van der Waals surface area contributed by atoms with Crippen molar-refractivity contribution in [2.75, 3.05) is 18.4 Å². The van der Waals surface area contributed by atoms with E-state index in [0.717, 1.165) is 25.7 Å². The van der Waals surface area contributed by atoms with Gasteiger partial charge in [0.1, 0.15) is 22.9 Å². The van der Waals surface area contributed by atoms with Crippen molar-refractivity contribution in [3.63, 3.8) is 0 Å². The van der Waals surface area contributed by atoms with E-state index in [0.29, 0.717) is 34.6 Å². The predicted molar refractivity (Wildman–Crippen MR) is 133 cm³/mol. The van der Waals surface area contributed by atoms with Crippen LogP contribution < -0.4 is 10.6 Å². The molecular formula is C26H29F2N7. The lowest BCUT2D eigenvalue weighted by atomic mass is 9.88. The average molecular weight is 478 g/mol. The Balaban J connectivity index is 1.43. The first-order valence-electron chi connectivity index (χ1n) is 12.0. The van der Waals surface area contributed by atoms with Crippen LogP contribution in [0.3, 0.4) is 0 Å². The van der Waals surface area contributed by atoms with Gasteiger partial charge in [-0.05, 0) is 75.9 Å². The number of nitrogens with zero attached hydrogens (tertiary/aromatic N) is 5. The van der Waals surface area contributed by atoms with Crippen LogP contribution in [0.4, 0.5) is 20.5 Å². The van der Waals surface area contributed by atoms with Crippen LogP contribution in [-0.2, 0) is 0 Å². The molecule has 0 spiro atoms. The molecule has 3 aromatic heterocycles. The van der Waals surface area contributed by atoms with E-state index >= 15 is 0 Å². The summed E-state index contributed by atoms with van der Waals surface area (Å²) in [7, 11) is 0. The molecule has 0 unspecified atom stereocenters. The summed E-state index contributed by atoms with van der Waals surface area (Å²) in [6, 6.07) is 6.97. The van der Waals surface area contributed by atoms with Gasteiger partial charge >= 0.3 is 0 Å². The van der Waals surface area contributed by atoms with E-state index in [1.807, 2.05) is 43.7 Å². The number of halogens is 2. The maximum absolute atomic E-state index is 14.9. The number of rotatable bonds is 6. The molecule has 1 aliphatic heterocycles. The first-order valence-corrected chi connectivity index (χ1v) is 12.0. The van der Waals surface area contributed by atoms with E-state index in [2.05, 4.69) is 37.5 Å². The second-order valence-corrected chi connectivity index (χ2v) is 9.48. The van der Waals surface area contributed by atoms with Gasteiger partial charge in [-0.2, -0.15) is 0 Å². The Kier molecular flexibility index (Phi) is 6.19. The maximum atomic E-state index is 14.9. The molecule has 5 rings (SSSR count). The van der Waals surface area contributed by atoms with Crippen LogP contribution in [0.25, 0.3) is 22.3 Å². The van der Waals surface area contributed by atoms with Crippen LogP contribution in [0.2, 0.25) is 0 Å². The number of benzene rings is 1. The van der Waals surface area contributed by atoms with Gasteiger partial charge in [0.05, 0.1) is 11.7 Å². The molecule has 1 fully saturated rings. The van der Waals surface area contributed by atoms with Crippen LogP contribution in [-0.4, -0.2) is 37.6 Å². The molecular weight excluding hydrogens is 448 g/mol. The van der Waals surface area contributed by atoms with Gasteiger partial charge in [0.2, 0.25) is 5.95 Å². The quantitative estimate of drug-likeness (QED) is 0.381. The molecule has 1 saturated heterocycles. The monoisotopic (exact) mass is 477 g/mol. The molecule has 7 nitrogen and oxygen atoms in total. The van der Waals surface area contributed by atoms with Crippen molar-refractivity contribution in [2.45, 2.75) is 46.1 Å². The van der Waals surface area contributed by atoms with Crippen LogP contribution >= 0.6 is 0 Å². The molecule has 4 aromatic rings. The smallest absolute Gasteiger partial charge is 0.229 e. The molecule has 4 heterocycles. The van der Waals surface area contributed by atoms with Gasteiger partial charge in [-0.25, -0.2) is 28.7 Å². The summed E-state index contributed by atoms with van der Waals surface area (Å²) in [6.45, 7) is 10.1. The predicted octanol–water partition coefficient (Wildman–Crippen LogP) is 5.51. The van der Waals surface area contributed by atoms with Crippen LogP contribution in [0.1, 0.15) is 50.5 Å². The largest absolute Gasteiger partial charge is 0.326 e. The third kappa shape index (κ3) is 4.48. The Morgan fingerprint density at radius 3 is 2.57 bits per heavy atom. The third-order valence-electron chi connectivity index (χ3n) is 6.82. The molecule has 0 aliphatic carbocycles. The molecule has 1 aromatic carbocycles. The van der Waals surface area contributed by atoms with Gasteiger partial charge in [0.15, 0.2) is 11.6 Å². The van der Waals surface area contributed by atoms with Gasteiger partial charge in [-0.1, -0.05) is 13.0 Å². The van der Waals surface area contributed by atoms with Crippen molar-refractivity contribution < 1.29 is 8.78 Å². The highest BCUT2D eigenvalue weighted by molar-refractivity contribution is 5.83. The summed E-state index contributed by atoms with van der Waals surface area (Å²) in [5, 5.41) is 6.44. The molecule has 0 radical (unpaired) electrons. The number of hydrogen-bond acceptors (Lipinski definition) is 6. The van der Waals surface area contributed by atoms with Crippen molar-refractivity contribution >= 4 is 22.8 Å². The van der Waals surface area contributed by atoms with Gasteiger partial charge in [-0.15, -0.1) is 0 Å². The number of hydrogen-bond donors (Lipinski definition) is 2. The first kappa shape index (κ1) is 23.3. The minimum Gasteiger partial charge on any atom is -0.326 e. The minimum atomic E-state index is -0.635. The fourth-order valence-corrected chi connectivity index (χ4v) is 4.93. The number of anilines is 2. The number of aryl methyl sites for hydroxylation is 1. The molecule has 0 amide bonds. The van der Waals surface area contributed by atoms with E-state index in [1.54, 1.807) is 6.07 Å². The summed E-state index contributed by atoms with van der Waals surface area (Å²) in [5.74, 6) is 1.30. The van der Waals surface area contributed by atoms with E-state index in [-0.39, 0.29) is 23.2 Å². The molecule has 182 valence electrons. The van der Waals surface area contributed by atoms with E-state index in [1.165, 1.54) is 11.6 Å². The van der Waals surface area contributed by atoms with Crippen molar-refractivity contribution in [2.24, 2.45) is 5.92 Å². The van der Waals surface area contributed by atoms with Crippen molar-refractivity contribution in [3.8, 4) is 11.3 Å². The highest BCUT2D eigenvalue weighted by Gasteiger charge is 2.23. The Labute approximate surface area is 203 Å². The molecule has 35 heavy (non-hydrogen) atoms. The molecule has 0 bridgehead atoms. The highest BCUT2D eigenvalue weighted by Crippen LogP contribution is 2.31. The fraction of sp³-hybridized carbons (Fsp3) is 0.385. The van der Waals surface area contributed by atoms with Crippen LogP contribution in [0.15, 0.2) is 36.7 Å². The number of nitrogens with one attached hydrogen (secondary N) is 2.